The predicted molar refractivity (Wildman–Crippen MR) is 81.5 cm³/mol. The monoisotopic (exact) mass is 297 g/mol. The Morgan fingerprint density at radius 1 is 1.32 bits per heavy atom. The Morgan fingerprint density at radius 2 is 2.23 bits per heavy atom. The minimum atomic E-state index is -0.365. The van der Waals surface area contributed by atoms with Gasteiger partial charge >= 0.3 is 0 Å². The molecule has 2 atom stereocenters. The van der Waals surface area contributed by atoms with Gasteiger partial charge in [-0.1, -0.05) is 18.2 Å². The largest absolute Gasteiger partial charge is 0.480 e. The number of fused-ring (bicyclic) bond motifs is 1. The number of nitrogens with zero attached hydrogens (tertiary/aromatic N) is 3. The fourth-order valence-electron chi connectivity index (χ4n) is 3.44. The number of aromatic nitrogens is 2. The molecule has 2 aliphatic heterocycles. The van der Waals surface area contributed by atoms with E-state index in [0.717, 1.165) is 37.2 Å². The molecule has 0 unspecified atom stereocenters. The zero-order valence-corrected chi connectivity index (χ0v) is 12.4. The molecular weight excluding hydrogens is 278 g/mol. The molecule has 3 heterocycles. The lowest BCUT2D eigenvalue weighted by Crippen LogP contribution is -2.45. The fraction of sp³-hybridized carbons (Fsp3) is 0.412. The summed E-state index contributed by atoms with van der Waals surface area (Å²) in [6.07, 6.45) is 6.12. The van der Waals surface area contributed by atoms with Crippen molar-refractivity contribution < 1.29 is 9.53 Å². The van der Waals surface area contributed by atoms with E-state index in [2.05, 4.69) is 5.10 Å². The number of likely N-dealkylation sites (tertiary alicyclic amines) is 1. The summed E-state index contributed by atoms with van der Waals surface area (Å²) < 4.78 is 7.75. The molecule has 1 aromatic heterocycles. The summed E-state index contributed by atoms with van der Waals surface area (Å²) in [6, 6.07) is 10.0. The van der Waals surface area contributed by atoms with Crippen LogP contribution in [0.1, 0.15) is 18.4 Å². The fourth-order valence-corrected chi connectivity index (χ4v) is 3.44. The van der Waals surface area contributed by atoms with Crippen LogP contribution >= 0.6 is 0 Å². The lowest BCUT2D eigenvalue weighted by atomic mass is 10.1. The molecular formula is C17H19N3O2. The second kappa shape index (κ2) is 5.48. The van der Waals surface area contributed by atoms with Gasteiger partial charge in [0.15, 0.2) is 6.10 Å². The Kier molecular flexibility index (Phi) is 3.33. The van der Waals surface area contributed by atoms with E-state index < -0.39 is 0 Å². The van der Waals surface area contributed by atoms with E-state index in [0.29, 0.717) is 6.42 Å². The Morgan fingerprint density at radius 3 is 3.05 bits per heavy atom. The molecule has 5 heteroatoms. The second-order valence-electron chi connectivity index (χ2n) is 5.97. The van der Waals surface area contributed by atoms with E-state index in [1.165, 1.54) is 0 Å². The Bertz CT molecular complexity index is 643. The molecule has 0 saturated carbocycles. The van der Waals surface area contributed by atoms with E-state index >= 15 is 0 Å². The standard InChI is InChI=1S/C17H19N3O2/c21-17(16-11-13-5-1-2-7-15(13)22-16)20-10-3-6-14(20)12-19-9-4-8-18-19/h1-2,4-5,7-9,14,16H,3,6,10-12H2/t14-,16+/m1/s1. The number of hydrogen-bond donors (Lipinski definition) is 0. The second-order valence-corrected chi connectivity index (χ2v) is 5.97. The van der Waals surface area contributed by atoms with Crippen molar-refractivity contribution in [3.63, 3.8) is 0 Å². The predicted octanol–water partition coefficient (Wildman–Crippen LogP) is 1.88. The van der Waals surface area contributed by atoms with Crippen molar-refractivity contribution >= 4 is 5.91 Å². The van der Waals surface area contributed by atoms with Crippen molar-refractivity contribution in [1.82, 2.24) is 14.7 Å². The van der Waals surface area contributed by atoms with Crippen molar-refractivity contribution in [2.24, 2.45) is 0 Å². The molecule has 0 radical (unpaired) electrons. The third-order valence-electron chi connectivity index (χ3n) is 4.54. The van der Waals surface area contributed by atoms with Gasteiger partial charge in [0.25, 0.3) is 5.91 Å². The molecule has 2 aromatic rings. The maximum atomic E-state index is 12.8. The van der Waals surface area contributed by atoms with Gasteiger partial charge in [-0.3, -0.25) is 9.48 Å². The molecule has 0 N–H and O–H groups in total. The van der Waals surface area contributed by atoms with Crippen LogP contribution in [0.25, 0.3) is 0 Å². The van der Waals surface area contributed by atoms with Gasteiger partial charge in [0.2, 0.25) is 0 Å². The van der Waals surface area contributed by atoms with E-state index in [9.17, 15) is 4.79 Å². The third kappa shape index (κ3) is 2.36. The molecule has 1 fully saturated rings. The van der Waals surface area contributed by atoms with Crippen LogP contribution in [-0.4, -0.2) is 39.3 Å². The quantitative estimate of drug-likeness (QED) is 0.869. The highest BCUT2D eigenvalue weighted by molar-refractivity contribution is 5.83. The summed E-state index contributed by atoms with van der Waals surface area (Å²) in [6.45, 7) is 1.58. The number of rotatable bonds is 3. The van der Waals surface area contributed by atoms with Crippen molar-refractivity contribution in [2.75, 3.05) is 6.54 Å². The first-order valence-electron chi connectivity index (χ1n) is 7.84. The van der Waals surface area contributed by atoms with E-state index in [-0.39, 0.29) is 18.1 Å². The van der Waals surface area contributed by atoms with Crippen molar-refractivity contribution in [1.29, 1.82) is 0 Å². The van der Waals surface area contributed by atoms with Crippen LogP contribution in [0, 0.1) is 0 Å². The summed E-state index contributed by atoms with van der Waals surface area (Å²) in [7, 11) is 0. The topological polar surface area (TPSA) is 47.4 Å². The molecule has 0 spiro atoms. The van der Waals surface area contributed by atoms with Crippen LogP contribution in [0.3, 0.4) is 0 Å². The maximum Gasteiger partial charge on any atom is 0.264 e. The minimum Gasteiger partial charge on any atom is -0.480 e. The molecule has 0 bridgehead atoms. The Balaban J connectivity index is 1.46. The number of para-hydroxylation sites is 1. The first-order chi connectivity index (χ1) is 10.8. The number of benzene rings is 1. The van der Waals surface area contributed by atoms with Crippen LogP contribution in [-0.2, 0) is 17.8 Å². The minimum absolute atomic E-state index is 0.117. The third-order valence-corrected chi connectivity index (χ3v) is 4.54. The Hall–Kier alpha value is -2.30. The zero-order chi connectivity index (χ0) is 14.9. The van der Waals surface area contributed by atoms with Crippen LogP contribution in [0.2, 0.25) is 0 Å². The summed E-state index contributed by atoms with van der Waals surface area (Å²) in [5.74, 6) is 0.967. The summed E-state index contributed by atoms with van der Waals surface area (Å²) in [5.41, 5.74) is 1.13. The highest BCUT2D eigenvalue weighted by Crippen LogP contribution is 2.30. The smallest absolute Gasteiger partial charge is 0.264 e. The number of hydrogen-bond acceptors (Lipinski definition) is 3. The number of carbonyl (C=O) groups is 1. The summed E-state index contributed by atoms with van der Waals surface area (Å²) >= 11 is 0. The Labute approximate surface area is 129 Å². The molecule has 1 aromatic carbocycles. The van der Waals surface area contributed by atoms with Crippen LogP contribution in [0.4, 0.5) is 0 Å². The zero-order valence-electron chi connectivity index (χ0n) is 12.4. The van der Waals surface area contributed by atoms with Gasteiger partial charge in [-0.15, -0.1) is 0 Å². The molecule has 0 aliphatic carbocycles. The van der Waals surface area contributed by atoms with Crippen LogP contribution in [0.15, 0.2) is 42.7 Å². The average Bonchev–Trinajstić information content (AvgIpc) is 3.27. The molecule has 114 valence electrons. The lowest BCUT2D eigenvalue weighted by molar-refractivity contribution is -0.139. The molecule has 5 nitrogen and oxygen atoms in total. The van der Waals surface area contributed by atoms with Gasteiger partial charge in [0, 0.05) is 25.4 Å². The van der Waals surface area contributed by atoms with Crippen LogP contribution in [0.5, 0.6) is 5.75 Å². The summed E-state index contributed by atoms with van der Waals surface area (Å²) in [4.78, 5) is 14.8. The number of carbonyl (C=O) groups excluding carboxylic acids is 1. The van der Waals surface area contributed by atoms with E-state index in [1.807, 2.05) is 46.1 Å². The maximum absolute atomic E-state index is 12.8. The molecule has 22 heavy (non-hydrogen) atoms. The van der Waals surface area contributed by atoms with Gasteiger partial charge < -0.3 is 9.64 Å². The molecule has 1 amide bonds. The van der Waals surface area contributed by atoms with Crippen molar-refractivity contribution in [3.05, 3.63) is 48.3 Å². The van der Waals surface area contributed by atoms with Gasteiger partial charge in [-0.2, -0.15) is 5.10 Å². The van der Waals surface area contributed by atoms with Crippen molar-refractivity contribution in [3.8, 4) is 5.75 Å². The normalized spacial score (nSPS) is 23.4. The molecule has 4 rings (SSSR count). The van der Waals surface area contributed by atoms with Gasteiger partial charge in [0.1, 0.15) is 5.75 Å². The first kappa shape index (κ1) is 13.4. The van der Waals surface area contributed by atoms with Gasteiger partial charge in [-0.25, -0.2) is 0 Å². The average molecular weight is 297 g/mol. The lowest BCUT2D eigenvalue weighted by Gasteiger charge is -2.27. The van der Waals surface area contributed by atoms with Gasteiger partial charge in [0.05, 0.1) is 12.6 Å². The SMILES string of the molecule is O=C([C@@H]1Cc2ccccc2O1)N1CCC[C@@H]1Cn1cccn1. The van der Waals surface area contributed by atoms with Crippen LogP contribution < -0.4 is 4.74 Å². The first-order valence-corrected chi connectivity index (χ1v) is 7.84. The number of amides is 1. The summed E-state index contributed by atoms with van der Waals surface area (Å²) in [5, 5.41) is 4.25. The molecule has 1 saturated heterocycles. The highest BCUT2D eigenvalue weighted by Gasteiger charge is 2.37. The number of ether oxygens (including phenoxy) is 1. The van der Waals surface area contributed by atoms with E-state index in [4.69, 9.17) is 4.74 Å². The van der Waals surface area contributed by atoms with E-state index in [1.54, 1.807) is 6.20 Å². The van der Waals surface area contributed by atoms with Gasteiger partial charge in [-0.05, 0) is 30.5 Å². The van der Waals surface area contributed by atoms with Crippen molar-refractivity contribution in [2.45, 2.75) is 38.0 Å². The highest BCUT2D eigenvalue weighted by atomic mass is 16.5. The molecule has 2 aliphatic rings.